The van der Waals surface area contributed by atoms with Crippen LogP contribution in [-0.2, 0) is 6.54 Å². The predicted octanol–water partition coefficient (Wildman–Crippen LogP) is 0.707. The molecular weight excluding hydrogens is 260 g/mol. The maximum absolute atomic E-state index is 9.12. The van der Waals surface area contributed by atoms with Gasteiger partial charge in [-0.05, 0) is 13.5 Å². The van der Waals surface area contributed by atoms with Gasteiger partial charge in [-0.25, -0.2) is 4.98 Å². The lowest BCUT2D eigenvalue weighted by Gasteiger charge is -2.39. The van der Waals surface area contributed by atoms with Crippen LogP contribution in [0.15, 0.2) is 6.20 Å². The number of hydrogen-bond donors (Lipinski definition) is 1. The molecule has 5 nitrogen and oxygen atoms in total. The fourth-order valence-electron chi connectivity index (χ4n) is 2.41. The van der Waals surface area contributed by atoms with Crippen LogP contribution >= 0.6 is 11.3 Å². The summed E-state index contributed by atoms with van der Waals surface area (Å²) < 4.78 is 0. The smallest absolute Gasteiger partial charge is 0.185 e. The fourth-order valence-corrected chi connectivity index (χ4v) is 3.29. The molecule has 0 bridgehead atoms. The largest absolute Gasteiger partial charge is 0.396 e. The number of aliphatic hydroxyl groups is 1. The molecule has 1 aromatic heterocycles. The first-order valence-electron chi connectivity index (χ1n) is 6.75. The normalized spacial score (nSPS) is 21.8. The van der Waals surface area contributed by atoms with Crippen molar-refractivity contribution >= 4 is 16.5 Å². The Morgan fingerprint density at radius 2 is 2.26 bits per heavy atom. The Bertz CT molecular complexity index is 396. The van der Waals surface area contributed by atoms with Crippen LogP contribution < -0.4 is 4.90 Å². The molecule has 0 amide bonds. The summed E-state index contributed by atoms with van der Waals surface area (Å²) in [6.45, 7) is 4.44. The molecule has 0 radical (unpaired) electrons. The maximum atomic E-state index is 9.12. The van der Waals surface area contributed by atoms with Crippen LogP contribution in [0.25, 0.3) is 0 Å². The Hall–Kier alpha value is -0.690. The van der Waals surface area contributed by atoms with Crippen molar-refractivity contribution in [3.05, 3.63) is 11.1 Å². The lowest BCUT2D eigenvalue weighted by molar-refractivity contribution is 0.0748. The van der Waals surface area contributed by atoms with Crippen molar-refractivity contribution in [2.75, 3.05) is 52.3 Å². The molecule has 0 aromatic carbocycles. The molecule has 2 rings (SSSR count). The summed E-state index contributed by atoms with van der Waals surface area (Å²) in [7, 11) is 6.19. The number of aromatic nitrogens is 1. The van der Waals surface area contributed by atoms with E-state index < -0.39 is 0 Å². The minimum Gasteiger partial charge on any atom is -0.396 e. The molecule has 1 aliphatic rings. The van der Waals surface area contributed by atoms with Crippen LogP contribution in [0.1, 0.15) is 11.3 Å². The van der Waals surface area contributed by atoms with Gasteiger partial charge in [0.1, 0.15) is 0 Å². The van der Waals surface area contributed by atoms with Crippen molar-refractivity contribution < 1.29 is 5.11 Å². The highest BCUT2D eigenvalue weighted by Gasteiger charge is 2.24. The molecule has 0 aliphatic carbocycles. The molecule has 1 atom stereocenters. The zero-order chi connectivity index (χ0) is 13.8. The molecule has 1 saturated heterocycles. The van der Waals surface area contributed by atoms with Crippen molar-refractivity contribution in [2.45, 2.75) is 19.0 Å². The Balaban J connectivity index is 1.91. The molecule has 1 aliphatic heterocycles. The van der Waals surface area contributed by atoms with Crippen LogP contribution in [0.3, 0.4) is 0 Å². The SMILES string of the molecule is CN(C)c1ncc(CN2CCN(C)[C@@H](CCO)C2)s1. The summed E-state index contributed by atoms with van der Waals surface area (Å²) >= 11 is 1.76. The van der Waals surface area contributed by atoms with E-state index in [0.29, 0.717) is 6.04 Å². The molecular formula is C13H24N4OS. The van der Waals surface area contributed by atoms with Crippen LogP contribution in [0.4, 0.5) is 5.13 Å². The quantitative estimate of drug-likeness (QED) is 0.862. The summed E-state index contributed by atoms with van der Waals surface area (Å²) in [5, 5.41) is 10.2. The number of nitrogens with zero attached hydrogens (tertiary/aromatic N) is 4. The van der Waals surface area contributed by atoms with E-state index in [2.05, 4.69) is 21.8 Å². The van der Waals surface area contributed by atoms with Gasteiger partial charge in [0.25, 0.3) is 0 Å². The summed E-state index contributed by atoms with van der Waals surface area (Å²) in [6, 6.07) is 0.472. The summed E-state index contributed by atoms with van der Waals surface area (Å²) in [6.07, 6.45) is 2.85. The van der Waals surface area contributed by atoms with Crippen molar-refractivity contribution in [3.8, 4) is 0 Å². The number of rotatable bonds is 5. The van der Waals surface area contributed by atoms with Gasteiger partial charge in [0.2, 0.25) is 0 Å². The second-order valence-electron chi connectivity index (χ2n) is 5.39. The van der Waals surface area contributed by atoms with Crippen molar-refractivity contribution in [3.63, 3.8) is 0 Å². The number of likely N-dealkylation sites (N-methyl/N-ethyl adjacent to an activating group) is 1. The van der Waals surface area contributed by atoms with Gasteiger partial charge in [-0.2, -0.15) is 0 Å². The van der Waals surface area contributed by atoms with E-state index in [4.69, 9.17) is 5.11 Å². The molecule has 2 heterocycles. The minimum absolute atomic E-state index is 0.272. The molecule has 108 valence electrons. The summed E-state index contributed by atoms with van der Waals surface area (Å²) in [5.74, 6) is 0. The van der Waals surface area contributed by atoms with Crippen LogP contribution in [0.5, 0.6) is 0 Å². The van der Waals surface area contributed by atoms with E-state index in [1.807, 2.05) is 25.2 Å². The highest BCUT2D eigenvalue weighted by molar-refractivity contribution is 7.15. The van der Waals surface area contributed by atoms with Gasteiger partial charge in [0.05, 0.1) is 0 Å². The van der Waals surface area contributed by atoms with E-state index in [-0.39, 0.29) is 6.61 Å². The Morgan fingerprint density at radius 1 is 1.47 bits per heavy atom. The number of anilines is 1. The van der Waals surface area contributed by atoms with E-state index >= 15 is 0 Å². The number of hydrogen-bond acceptors (Lipinski definition) is 6. The van der Waals surface area contributed by atoms with E-state index in [1.165, 1.54) is 4.88 Å². The van der Waals surface area contributed by atoms with Gasteiger partial charge in [0.15, 0.2) is 5.13 Å². The van der Waals surface area contributed by atoms with Gasteiger partial charge in [-0.3, -0.25) is 4.90 Å². The summed E-state index contributed by atoms with van der Waals surface area (Å²) in [5.41, 5.74) is 0. The predicted molar refractivity (Wildman–Crippen MR) is 79.8 cm³/mol. The fraction of sp³-hybridized carbons (Fsp3) is 0.769. The molecule has 1 fully saturated rings. The van der Waals surface area contributed by atoms with E-state index in [0.717, 1.165) is 37.7 Å². The van der Waals surface area contributed by atoms with Gasteiger partial charge < -0.3 is 14.9 Å². The first kappa shape index (κ1) is 14.7. The molecule has 1 aromatic rings. The molecule has 0 spiro atoms. The highest BCUT2D eigenvalue weighted by atomic mass is 32.1. The van der Waals surface area contributed by atoms with Crippen molar-refractivity contribution in [2.24, 2.45) is 0 Å². The Kier molecular flexibility index (Phi) is 5.15. The number of piperazine rings is 1. The molecule has 19 heavy (non-hydrogen) atoms. The number of thiazole rings is 1. The summed E-state index contributed by atoms with van der Waals surface area (Å²) in [4.78, 5) is 12.6. The third-order valence-electron chi connectivity index (χ3n) is 3.63. The Labute approximate surface area is 119 Å². The second-order valence-corrected chi connectivity index (χ2v) is 6.48. The standard InChI is InChI=1S/C13H24N4OS/c1-15(2)13-14-8-12(19-13)10-17-6-5-16(3)11(9-17)4-7-18/h8,11,18H,4-7,9-10H2,1-3H3/t11-/m0/s1. The van der Waals surface area contributed by atoms with Gasteiger partial charge in [0, 0.05) is 64.0 Å². The number of aliphatic hydroxyl groups excluding tert-OH is 1. The van der Waals surface area contributed by atoms with E-state index in [9.17, 15) is 0 Å². The van der Waals surface area contributed by atoms with Crippen LogP contribution in [0.2, 0.25) is 0 Å². The first-order valence-corrected chi connectivity index (χ1v) is 7.57. The molecule has 6 heteroatoms. The van der Waals surface area contributed by atoms with Gasteiger partial charge in [-0.1, -0.05) is 0 Å². The van der Waals surface area contributed by atoms with Gasteiger partial charge >= 0.3 is 0 Å². The highest BCUT2D eigenvalue weighted by Crippen LogP contribution is 2.23. The van der Waals surface area contributed by atoms with Gasteiger partial charge in [-0.15, -0.1) is 11.3 Å². The lowest BCUT2D eigenvalue weighted by Crippen LogP contribution is -2.51. The lowest BCUT2D eigenvalue weighted by atomic mass is 10.1. The zero-order valence-electron chi connectivity index (χ0n) is 12.0. The third kappa shape index (κ3) is 3.89. The minimum atomic E-state index is 0.272. The third-order valence-corrected chi connectivity index (χ3v) is 4.78. The van der Waals surface area contributed by atoms with Crippen LogP contribution in [-0.4, -0.2) is 73.3 Å². The molecule has 1 N–H and O–H groups in total. The average molecular weight is 284 g/mol. The maximum Gasteiger partial charge on any atom is 0.185 e. The first-order chi connectivity index (χ1) is 9.10. The monoisotopic (exact) mass is 284 g/mol. The molecule has 0 saturated carbocycles. The van der Waals surface area contributed by atoms with E-state index in [1.54, 1.807) is 11.3 Å². The Morgan fingerprint density at radius 3 is 2.89 bits per heavy atom. The van der Waals surface area contributed by atoms with Crippen LogP contribution in [0, 0.1) is 0 Å². The average Bonchev–Trinajstić information content (AvgIpc) is 2.82. The van der Waals surface area contributed by atoms with Crippen molar-refractivity contribution in [1.29, 1.82) is 0 Å². The molecule has 0 unspecified atom stereocenters. The second kappa shape index (κ2) is 6.65. The topological polar surface area (TPSA) is 42.8 Å². The van der Waals surface area contributed by atoms with Crippen molar-refractivity contribution in [1.82, 2.24) is 14.8 Å². The zero-order valence-corrected chi connectivity index (χ0v) is 12.9.